The first kappa shape index (κ1) is 22.3. The number of hydrogen-bond acceptors (Lipinski definition) is 10. The van der Waals surface area contributed by atoms with Gasteiger partial charge in [-0.15, -0.1) is 20.4 Å². The summed E-state index contributed by atoms with van der Waals surface area (Å²) < 4.78 is 15.6. The zero-order valence-corrected chi connectivity index (χ0v) is 20.7. The van der Waals surface area contributed by atoms with Crippen LogP contribution in [0.2, 0.25) is 0 Å². The summed E-state index contributed by atoms with van der Waals surface area (Å²) in [6.45, 7) is 0. The second kappa shape index (κ2) is 8.20. The third-order valence-corrected chi connectivity index (χ3v) is 11.7. The summed E-state index contributed by atoms with van der Waals surface area (Å²) in [6, 6.07) is 3.38. The van der Waals surface area contributed by atoms with Crippen molar-refractivity contribution >= 4 is 52.4 Å². The summed E-state index contributed by atoms with van der Waals surface area (Å²) in [4.78, 5) is 23.9. The lowest BCUT2D eigenvalue weighted by Crippen LogP contribution is -2.20. The molecule has 2 amide bonds. The molecule has 3 aliphatic rings. The van der Waals surface area contributed by atoms with Gasteiger partial charge in [-0.05, 0) is 44.6 Å². The maximum atomic E-state index is 13.9. The van der Waals surface area contributed by atoms with Crippen molar-refractivity contribution in [3.05, 3.63) is 17.8 Å². The van der Waals surface area contributed by atoms with E-state index in [4.69, 9.17) is 5.73 Å². The summed E-state index contributed by atoms with van der Waals surface area (Å²) in [6.07, 6.45) is 5.78. The Bertz CT molecular complexity index is 1370. The van der Waals surface area contributed by atoms with Crippen LogP contribution in [-0.4, -0.2) is 53.3 Å². The molecule has 3 heterocycles. The number of aromatic nitrogens is 6. The number of aryl methyl sites for hydroxylation is 1. The topological polar surface area (TPSA) is 171 Å². The lowest BCUT2D eigenvalue weighted by atomic mass is 10.3. The van der Waals surface area contributed by atoms with Crippen molar-refractivity contribution in [3.8, 4) is 10.7 Å². The Labute approximate surface area is 204 Å². The van der Waals surface area contributed by atoms with Gasteiger partial charge >= 0.3 is 0 Å². The number of nitrogens with zero attached hydrogens (tertiary/aromatic N) is 6. The van der Waals surface area contributed by atoms with Gasteiger partial charge in [0.2, 0.25) is 11.0 Å². The van der Waals surface area contributed by atoms with Gasteiger partial charge < -0.3 is 20.9 Å². The van der Waals surface area contributed by atoms with E-state index in [9.17, 15) is 14.2 Å². The molecule has 35 heavy (non-hydrogen) atoms. The molecule has 0 spiro atoms. The Morgan fingerprint density at radius 1 is 1.06 bits per heavy atom. The minimum atomic E-state index is -2.48. The Balaban J connectivity index is 1.25. The molecule has 0 aromatic carbocycles. The molecule has 3 saturated carbocycles. The van der Waals surface area contributed by atoms with Crippen molar-refractivity contribution in [1.29, 1.82) is 0 Å². The summed E-state index contributed by atoms with van der Waals surface area (Å²) in [5, 5.41) is 27.4. The number of rotatable bonds is 9. The van der Waals surface area contributed by atoms with E-state index in [1.165, 1.54) is 17.4 Å². The van der Waals surface area contributed by atoms with Crippen LogP contribution in [0.5, 0.6) is 0 Å². The first-order valence-electron chi connectivity index (χ1n) is 11.6. The van der Waals surface area contributed by atoms with Gasteiger partial charge in [-0.1, -0.05) is 11.3 Å². The highest BCUT2D eigenvalue weighted by molar-refractivity contribution is 7.73. The molecule has 3 aromatic heterocycles. The lowest BCUT2D eigenvalue weighted by molar-refractivity contribution is -0.117. The van der Waals surface area contributed by atoms with E-state index < -0.39 is 13.0 Å². The van der Waals surface area contributed by atoms with Crippen molar-refractivity contribution in [2.45, 2.75) is 49.8 Å². The molecule has 182 valence electrons. The Kier molecular flexibility index (Phi) is 5.22. The van der Waals surface area contributed by atoms with Crippen LogP contribution in [0.3, 0.4) is 0 Å². The smallest absolute Gasteiger partial charge is 0.271 e. The highest BCUT2D eigenvalue weighted by atomic mass is 32.1. The quantitative estimate of drug-likeness (QED) is 0.363. The van der Waals surface area contributed by atoms with E-state index in [0.29, 0.717) is 15.8 Å². The van der Waals surface area contributed by atoms with Gasteiger partial charge in [-0.2, -0.15) is 5.10 Å². The molecule has 3 aromatic rings. The SMILES string of the molecule is Cn1nc(-c2nnc(Nc3cc(NC(=O)C4CC4)nnc3C(N)=O)s2)cc1P(=O)(C1CC1)C1CC1. The Hall–Kier alpha value is -3.18. The van der Waals surface area contributed by atoms with Crippen LogP contribution in [0.4, 0.5) is 16.6 Å². The average Bonchev–Trinajstić information content (AvgIpc) is 3.69. The van der Waals surface area contributed by atoms with Gasteiger partial charge in [0.1, 0.15) is 12.8 Å². The molecule has 0 saturated heterocycles. The number of nitrogens with two attached hydrogens (primary N) is 1. The molecule has 12 nitrogen and oxygen atoms in total. The van der Waals surface area contributed by atoms with Crippen molar-refractivity contribution in [3.63, 3.8) is 0 Å². The predicted octanol–water partition coefficient (Wildman–Crippen LogP) is 2.23. The molecule has 0 aliphatic heterocycles. The highest BCUT2D eigenvalue weighted by Gasteiger charge is 2.53. The Morgan fingerprint density at radius 2 is 1.77 bits per heavy atom. The van der Waals surface area contributed by atoms with E-state index in [0.717, 1.165) is 44.0 Å². The maximum absolute atomic E-state index is 13.9. The average molecular weight is 514 g/mol. The summed E-state index contributed by atoms with van der Waals surface area (Å²) in [5.74, 6) is -0.691. The van der Waals surface area contributed by atoms with Crippen LogP contribution in [0, 0.1) is 5.92 Å². The maximum Gasteiger partial charge on any atom is 0.271 e. The fourth-order valence-corrected chi connectivity index (χ4v) is 8.98. The third-order valence-electron chi connectivity index (χ3n) is 6.50. The summed E-state index contributed by atoms with van der Waals surface area (Å²) in [5.41, 5.74) is 7.61. The zero-order chi connectivity index (χ0) is 24.3. The third kappa shape index (κ3) is 4.23. The van der Waals surface area contributed by atoms with E-state index in [1.807, 2.05) is 13.1 Å². The first-order valence-corrected chi connectivity index (χ1v) is 14.2. The molecule has 0 bridgehead atoms. The zero-order valence-electron chi connectivity index (χ0n) is 19.0. The predicted molar refractivity (Wildman–Crippen MR) is 131 cm³/mol. The molecule has 3 aliphatic carbocycles. The van der Waals surface area contributed by atoms with Crippen molar-refractivity contribution < 1.29 is 14.2 Å². The normalized spacial score (nSPS) is 17.9. The van der Waals surface area contributed by atoms with Gasteiger partial charge in [0.25, 0.3) is 5.91 Å². The first-order chi connectivity index (χ1) is 16.8. The second-order valence-electron chi connectivity index (χ2n) is 9.34. The number of amides is 2. The van der Waals surface area contributed by atoms with Crippen molar-refractivity contribution in [2.75, 3.05) is 10.6 Å². The lowest BCUT2D eigenvalue weighted by Gasteiger charge is -2.16. The minimum Gasteiger partial charge on any atom is -0.364 e. The number of anilines is 3. The number of nitrogens with one attached hydrogen (secondary N) is 2. The van der Waals surface area contributed by atoms with Gasteiger partial charge in [-0.3, -0.25) is 14.3 Å². The van der Waals surface area contributed by atoms with Crippen LogP contribution >= 0.6 is 18.5 Å². The Morgan fingerprint density at radius 3 is 2.40 bits per heavy atom. The number of carbonyl (C=O) groups excluding carboxylic acids is 2. The molecule has 3 fully saturated rings. The van der Waals surface area contributed by atoms with E-state index in [2.05, 4.69) is 36.1 Å². The van der Waals surface area contributed by atoms with Crippen molar-refractivity contribution in [1.82, 2.24) is 30.2 Å². The number of primary amides is 1. The molecule has 0 unspecified atom stereocenters. The second-order valence-corrected chi connectivity index (χ2v) is 13.7. The van der Waals surface area contributed by atoms with E-state index in [-0.39, 0.29) is 40.3 Å². The van der Waals surface area contributed by atoms with Gasteiger partial charge in [-0.25, -0.2) is 0 Å². The molecule has 4 N–H and O–H groups in total. The fraction of sp³-hybridized carbons (Fsp3) is 0.476. The van der Waals surface area contributed by atoms with Gasteiger partial charge in [0, 0.05) is 30.3 Å². The number of carbonyl (C=O) groups is 2. The van der Waals surface area contributed by atoms with Crippen LogP contribution in [-0.2, 0) is 16.4 Å². The van der Waals surface area contributed by atoms with Gasteiger partial charge in [0.05, 0.1) is 11.1 Å². The highest BCUT2D eigenvalue weighted by Crippen LogP contribution is 2.69. The van der Waals surface area contributed by atoms with E-state index in [1.54, 1.807) is 4.68 Å². The summed E-state index contributed by atoms with van der Waals surface area (Å²) in [7, 11) is -0.647. The molecule has 0 radical (unpaired) electrons. The summed E-state index contributed by atoms with van der Waals surface area (Å²) >= 11 is 1.23. The fourth-order valence-electron chi connectivity index (χ4n) is 4.27. The monoisotopic (exact) mass is 513 g/mol. The standard InChI is InChI=1S/C21H24N9O3PS/c1-30-16(34(33,11-4-5-11)12-6-7-12)9-14(29-30)20-27-28-21(35-20)23-13-8-15(24-19(32)10-2-3-10)25-26-17(13)18(22)31/h8-12H,2-7H2,1H3,(H2,22,31)(H2,23,24,25,28,32). The molecule has 6 rings (SSSR count). The van der Waals surface area contributed by atoms with Gasteiger partial charge in [0.15, 0.2) is 16.5 Å². The molecular weight excluding hydrogens is 489 g/mol. The number of hydrogen-bond donors (Lipinski definition) is 3. The van der Waals surface area contributed by atoms with Crippen LogP contribution in [0.15, 0.2) is 12.1 Å². The van der Waals surface area contributed by atoms with E-state index >= 15 is 0 Å². The van der Waals surface area contributed by atoms with Crippen molar-refractivity contribution in [2.24, 2.45) is 18.7 Å². The van der Waals surface area contributed by atoms with Crippen LogP contribution in [0.1, 0.15) is 49.0 Å². The minimum absolute atomic E-state index is 0.00635. The molecule has 14 heteroatoms. The van der Waals surface area contributed by atoms with Crippen LogP contribution < -0.4 is 21.8 Å². The molecular formula is C21H24N9O3PS. The molecule has 0 atom stereocenters. The largest absolute Gasteiger partial charge is 0.364 e. The van der Waals surface area contributed by atoms with Crippen LogP contribution in [0.25, 0.3) is 10.7 Å².